The van der Waals surface area contributed by atoms with Crippen LogP contribution in [0, 0.1) is 5.82 Å². The minimum atomic E-state index is -0.443. The number of aryl methyl sites for hydroxylation is 1. The molecule has 5 nitrogen and oxygen atoms in total. The second-order valence-corrected chi connectivity index (χ2v) is 6.28. The van der Waals surface area contributed by atoms with Gasteiger partial charge >= 0.3 is 0 Å². The van der Waals surface area contributed by atoms with Gasteiger partial charge in [0.05, 0.1) is 23.4 Å². The third kappa shape index (κ3) is 4.12. The highest BCUT2D eigenvalue weighted by molar-refractivity contribution is 6.30. The molecule has 0 amide bonds. The van der Waals surface area contributed by atoms with Crippen molar-refractivity contribution in [2.75, 3.05) is 20.3 Å². The summed E-state index contributed by atoms with van der Waals surface area (Å²) < 4.78 is 25.9. The van der Waals surface area contributed by atoms with E-state index in [2.05, 4.69) is 10.1 Å². The second kappa shape index (κ2) is 8.05. The molecule has 24 heavy (non-hydrogen) atoms. The number of ether oxygens (including phenoxy) is 2. The van der Waals surface area contributed by atoms with Gasteiger partial charge in [-0.2, -0.15) is 5.10 Å². The summed E-state index contributed by atoms with van der Waals surface area (Å²) in [6, 6.07) is 4.57. The van der Waals surface area contributed by atoms with Crippen LogP contribution in [0.1, 0.15) is 30.9 Å². The van der Waals surface area contributed by atoms with Gasteiger partial charge in [-0.3, -0.25) is 0 Å². The van der Waals surface area contributed by atoms with Gasteiger partial charge in [0.1, 0.15) is 11.6 Å². The molecule has 1 atom stereocenters. The maximum atomic E-state index is 13.4. The Morgan fingerprint density at radius 3 is 3.00 bits per heavy atom. The molecule has 1 aliphatic heterocycles. The number of hydrogen-bond donors (Lipinski definition) is 0. The average Bonchev–Trinajstić information content (AvgIpc) is 3.23. The number of rotatable bonds is 7. The molecule has 1 unspecified atom stereocenters. The van der Waals surface area contributed by atoms with Crippen LogP contribution in [0.2, 0.25) is 5.02 Å². The van der Waals surface area contributed by atoms with Gasteiger partial charge in [-0.25, -0.2) is 14.1 Å². The van der Waals surface area contributed by atoms with Crippen LogP contribution < -0.4 is 0 Å². The maximum Gasteiger partial charge on any atom is 0.153 e. The van der Waals surface area contributed by atoms with Crippen molar-refractivity contribution >= 4 is 11.6 Å². The monoisotopic (exact) mass is 353 g/mol. The van der Waals surface area contributed by atoms with E-state index >= 15 is 0 Å². The van der Waals surface area contributed by atoms with E-state index in [1.54, 1.807) is 23.9 Å². The Hall–Kier alpha value is -1.50. The number of aromatic nitrogens is 3. The molecule has 0 bridgehead atoms. The van der Waals surface area contributed by atoms with Crippen molar-refractivity contribution in [3.05, 3.63) is 40.7 Å². The molecule has 2 aromatic rings. The van der Waals surface area contributed by atoms with Gasteiger partial charge in [-0.15, -0.1) is 0 Å². The highest BCUT2D eigenvalue weighted by Crippen LogP contribution is 2.22. The normalized spacial score (nSPS) is 17.5. The molecule has 1 aromatic heterocycles. The van der Waals surface area contributed by atoms with Crippen LogP contribution in [-0.4, -0.2) is 41.2 Å². The lowest BCUT2D eigenvalue weighted by atomic mass is 10.1. The van der Waals surface area contributed by atoms with Crippen molar-refractivity contribution in [1.29, 1.82) is 0 Å². The van der Waals surface area contributed by atoms with Crippen LogP contribution in [0.25, 0.3) is 5.69 Å². The minimum absolute atomic E-state index is 0.0755. The van der Waals surface area contributed by atoms with E-state index in [9.17, 15) is 4.39 Å². The summed E-state index contributed by atoms with van der Waals surface area (Å²) in [4.78, 5) is 4.62. The molecule has 3 rings (SSSR count). The lowest BCUT2D eigenvalue weighted by Crippen LogP contribution is -2.10. The zero-order valence-electron chi connectivity index (χ0n) is 13.7. The zero-order valence-corrected chi connectivity index (χ0v) is 14.4. The summed E-state index contributed by atoms with van der Waals surface area (Å²) in [5.41, 5.74) is 0.708. The molecule has 1 aliphatic rings. The molecule has 0 spiro atoms. The highest BCUT2D eigenvalue weighted by atomic mass is 35.5. The Morgan fingerprint density at radius 2 is 2.29 bits per heavy atom. The van der Waals surface area contributed by atoms with Crippen LogP contribution in [0.3, 0.4) is 0 Å². The molecule has 0 aliphatic carbocycles. The molecule has 1 saturated heterocycles. The van der Waals surface area contributed by atoms with Gasteiger partial charge in [-0.05, 0) is 37.5 Å². The molecule has 2 heterocycles. The number of hydrogen-bond acceptors (Lipinski definition) is 4. The molecule has 0 N–H and O–H groups in total. The smallest absolute Gasteiger partial charge is 0.153 e. The van der Waals surface area contributed by atoms with Crippen LogP contribution in [0.15, 0.2) is 18.2 Å². The topological polar surface area (TPSA) is 49.2 Å². The Bertz CT molecular complexity index is 686. The van der Waals surface area contributed by atoms with Gasteiger partial charge < -0.3 is 9.47 Å². The average molecular weight is 354 g/mol. The fourth-order valence-corrected chi connectivity index (χ4v) is 3.01. The molecule has 0 radical (unpaired) electrons. The van der Waals surface area contributed by atoms with E-state index in [0.717, 1.165) is 38.1 Å². The lowest BCUT2D eigenvalue weighted by Gasteiger charge is -2.10. The van der Waals surface area contributed by atoms with Crippen molar-refractivity contribution in [2.24, 2.45) is 0 Å². The third-order valence-electron chi connectivity index (χ3n) is 4.11. The summed E-state index contributed by atoms with van der Waals surface area (Å²) in [7, 11) is 1.65. The van der Waals surface area contributed by atoms with Crippen molar-refractivity contribution in [2.45, 2.75) is 38.2 Å². The Kier molecular flexibility index (Phi) is 5.81. The summed E-state index contributed by atoms with van der Waals surface area (Å²) >= 11 is 5.91. The first kappa shape index (κ1) is 17.3. The predicted molar refractivity (Wildman–Crippen MR) is 89.2 cm³/mol. The van der Waals surface area contributed by atoms with Crippen molar-refractivity contribution in [3.63, 3.8) is 0 Å². The first-order chi connectivity index (χ1) is 11.7. The van der Waals surface area contributed by atoms with Gasteiger partial charge in [0.2, 0.25) is 0 Å². The van der Waals surface area contributed by atoms with Crippen LogP contribution in [0.5, 0.6) is 0 Å². The lowest BCUT2D eigenvalue weighted by molar-refractivity contribution is 0.104. The first-order valence-electron chi connectivity index (χ1n) is 8.18. The summed E-state index contributed by atoms with van der Waals surface area (Å²) in [6.45, 7) is 1.39. The Balaban J connectivity index is 1.83. The van der Waals surface area contributed by atoms with Crippen molar-refractivity contribution in [3.8, 4) is 5.69 Å². The molecule has 0 saturated carbocycles. The van der Waals surface area contributed by atoms with E-state index in [1.807, 2.05) is 0 Å². The van der Waals surface area contributed by atoms with Crippen LogP contribution >= 0.6 is 11.6 Å². The summed E-state index contributed by atoms with van der Waals surface area (Å²) in [5, 5.41) is 4.61. The SMILES string of the molecule is COCCc1nc(CCC2CCCO2)n(-c2ccc(F)c(Cl)c2)n1. The summed E-state index contributed by atoms with van der Waals surface area (Å²) in [6.07, 6.45) is 4.77. The van der Waals surface area contributed by atoms with E-state index in [4.69, 9.17) is 21.1 Å². The molecule has 1 aromatic carbocycles. The van der Waals surface area contributed by atoms with Gasteiger partial charge in [0.25, 0.3) is 0 Å². The van der Waals surface area contributed by atoms with Crippen LogP contribution in [-0.2, 0) is 22.3 Å². The quantitative estimate of drug-likeness (QED) is 0.765. The zero-order chi connectivity index (χ0) is 16.9. The van der Waals surface area contributed by atoms with E-state index in [-0.39, 0.29) is 11.1 Å². The predicted octanol–water partition coefficient (Wildman–Crippen LogP) is 3.36. The molecule has 1 fully saturated rings. The molecular formula is C17H21ClFN3O2. The Labute approximate surface area is 145 Å². The fourth-order valence-electron chi connectivity index (χ4n) is 2.84. The number of nitrogens with zero attached hydrogens (tertiary/aromatic N) is 3. The van der Waals surface area contributed by atoms with Crippen molar-refractivity contribution < 1.29 is 13.9 Å². The fraction of sp³-hybridized carbons (Fsp3) is 0.529. The van der Waals surface area contributed by atoms with E-state index in [0.29, 0.717) is 24.5 Å². The van der Waals surface area contributed by atoms with Crippen molar-refractivity contribution in [1.82, 2.24) is 14.8 Å². The number of methoxy groups -OCH3 is 1. The maximum absolute atomic E-state index is 13.4. The van der Waals surface area contributed by atoms with Gasteiger partial charge in [0, 0.05) is 26.6 Å². The highest BCUT2D eigenvalue weighted by Gasteiger charge is 2.18. The molecular weight excluding hydrogens is 333 g/mol. The largest absolute Gasteiger partial charge is 0.384 e. The van der Waals surface area contributed by atoms with E-state index in [1.165, 1.54) is 6.07 Å². The molecule has 130 valence electrons. The van der Waals surface area contributed by atoms with Crippen LogP contribution in [0.4, 0.5) is 4.39 Å². The third-order valence-corrected chi connectivity index (χ3v) is 4.40. The molecule has 7 heteroatoms. The van der Waals surface area contributed by atoms with Gasteiger partial charge in [-0.1, -0.05) is 11.6 Å². The standard InChI is InChI=1S/C17H21ClFN3O2/c1-23-10-8-16-20-17(7-5-13-3-2-9-24-13)22(21-16)12-4-6-15(19)14(18)11-12/h4,6,11,13H,2-3,5,7-10H2,1H3. The minimum Gasteiger partial charge on any atom is -0.384 e. The van der Waals surface area contributed by atoms with E-state index < -0.39 is 5.82 Å². The number of benzene rings is 1. The first-order valence-corrected chi connectivity index (χ1v) is 8.56. The Morgan fingerprint density at radius 1 is 1.42 bits per heavy atom. The second-order valence-electron chi connectivity index (χ2n) is 5.87. The summed E-state index contributed by atoms with van der Waals surface area (Å²) in [5.74, 6) is 1.10. The van der Waals surface area contributed by atoms with Gasteiger partial charge in [0.15, 0.2) is 5.82 Å². The number of halogens is 2.